The Morgan fingerprint density at radius 2 is 2.00 bits per heavy atom. The van der Waals surface area contributed by atoms with Gasteiger partial charge in [-0.1, -0.05) is 30.3 Å². The van der Waals surface area contributed by atoms with Crippen LogP contribution in [0.25, 0.3) is 0 Å². The zero-order valence-electron chi connectivity index (χ0n) is 16.3. The van der Waals surface area contributed by atoms with E-state index in [2.05, 4.69) is 15.4 Å². The number of carbonyl (C=O) groups is 2. The van der Waals surface area contributed by atoms with Gasteiger partial charge in [0.2, 0.25) is 5.95 Å². The molecule has 2 atom stereocenters. The molecule has 0 fully saturated rings. The number of carboxylic acid groups (broad SMARTS) is 1. The third-order valence-electron chi connectivity index (χ3n) is 5.14. The van der Waals surface area contributed by atoms with E-state index in [0.717, 1.165) is 11.3 Å². The maximum absolute atomic E-state index is 13.1. The minimum atomic E-state index is -0.874. The van der Waals surface area contributed by atoms with Crippen LogP contribution in [0.1, 0.15) is 38.3 Å². The number of rotatable bonds is 7. The average Bonchev–Trinajstić information content (AvgIpc) is 3.15. The molecule has 1 amide bonds. The first-order valence-electron chi connectivity index (χ1n) is 9.29. The molecule has 0 spiro atoms. The maximum atomic E-state index is 13.1. The van der Waals surface area contributed by atoms with Crippen LogP contribution in [0.4, 0.5) is 5.95 Å². The molecule has 3 rings (SSSR count). The highest BCUT2D eigenvalue weighted by Gasteiger charge is 2.32. The van der Waals surface area contributed by atoms with E-state index in [1.54, 1.807) is 4.68 Å². The molecule has 2 aromatic rings. The lowest BCUT2D eigenvalue weighted by Gasteiger charge is -2.32. The summed E-state index contributed by atoms with van der Waals surface area (Å²) in [4.78, 5) is 30.3. The van der Waals surface area contributed by atoms with Gasteiger partial charge in [0.1, 0.15) is 6.33 Å². The molecule has 1 aliphatic rings. The third-order valence-corrected chi connectivity index (χ3v) is 5.14. The first kappa shape index (κ1) is 19.6. The molecule has 8 heteroatoms. The number of nitrogens with zero attached hydrogens (tertiary/aromatic N) is 4. The van der Waals surface area contributed by atoms with Crippen LogP contribution in [-0.4, -0.2) is 44.8 Å². The van der Waals surface area contributed by atoms with E-state index in [4.69, 9.17) is 5.11 Å². The van der Waals surface area contributed by atoms with E-state index in [9.17, 15) is 9.59 Å². The number of hydrogen-bond donors (Lipinski definition) is 2. The molecule has 148 valence electrons. The minimum Gasteiger partial charge on any atom is -0.481 e. The van der Waals surface area contributed by atoms with E-state index in [0.29, 0.717) is 24.4 Å². The fourth-order valence-electron chi connectivity index (χ4n) is 3.55. The summed E-state index contributed by atoms with van der Waals surface area (Å²) in [6, 6.07) is 9.21. The number of anilines is 1. The normalized spacial score (nSPS) is 17.2. The van der Waals surface area contributed by atoms with Crippen molar-refractivity contribution in [1.82, 2.24) is 20.1 Å². The number of allylic oxidation sites excluding steroid dienone is 1. The number of aliphatic carboxylic acids is 1. The summed E-state index contributed by atoms with van der Waals surface area (Å²) >= 11 is 0. The molecule has 0 saturated carbocycles. The molecule has 0 bridgehead atoms. The quantitative estimate of drug-likeness (QED) is 0.760. The van der Waals surface area contributed by atoms with E-state index in [-0.39, 0.29) is 24.4 Å². The molecule has 1 aromatic heterocycles. The average molecular weight is 383 g/mol. The number of hydrogen-bond acceptors (Lipinski definition) is 5. The van der Waals surface area contributed by atoms with Crippen molar-refractivity contribution in [2.45, 2.75) is 45.2 Å². The van der Waals surface area contributed by atoms with Gasteiger partial charge in [-0.15, -0.1) is 0 Å². The Hall–Kier alpha value is -3.16. The summed E-state index contributed by atoms with van der Waals surface area (Å²) in [6.45, 7) is 3.79. The molecule has 1 aliphatic heterocycles. The molecule has 2 unspecified atom stereocenters. The summed E-state index contributed by atoms with van der Waals surface area (Å²) in [5.74, 6) is -0.390. The van der Waals surface area contributed by atoms with E-state index in [1.165, 1.54) is 6.33 Å². The first-order chi connectivity index (χ1) is 13.4. The topological polar surface area (TPSA) is 100 Å². The van der Waals surface area contributed by atoms with Gasteiger partial charge in [0, 0.05) is 25.2 Å². The summed E-state index contributed by atoms with van der Waals surface area (Å²) in [7, 11) is 1.85. The Balaban J connectivity index is 1.80. The number of carboxylic acids is 1. The second-order valence-electron chi connectivity index (χ2n) is 7.03. The number of carbonyl (C=O) groups excluding carboxylic acids is 1. The summed E-state index contributed by atoms with van der Waals surface area (Å²) in [5, 5.41) is 16.3. The van der Waals surface area contributed by atoms with Crippen LogP contribution in [0.2, 0.25) is 0 Å². The van der Waals surface area contributed by atoms with Crippen molar-refractivity contribution >= 4 is 17.8 Å². The lowest BCUT2D eigenvalue weighted by molar-refractivity contribution is -0.137. The van der Waals surface area contributed by atoms with Crippen LogP contribution in [-0.2, 0) is 16.0 Å². The van der Waals surface area contributed by atoms with Gasteiger partial charge in [0.05, 0.1) is 11.6 Å². The Bertz CT molecular complexity index is 890. The number of amides is 1. The molecular formula is C20H25N5O3. The van der Waals surface area contributed by atoms with Crippen molar-refractivity contribution in [3.63, 3.8) is 0 Å². The van der Waals surface area contributed by atoms with Crippen molar-refractivity contribution in [2.75, 3.05) is 11.9 Å². The second-order valence-corrected chi connectivity index (χ2v) is 7.03. The van der Waals surface area contributed by atoms with Crippen molar-refractivity contribution in [3.8, 4) is 0 Å². The van der Waals surface area contributed by atoms with Crippen LogP contribution in [0, 0.1) is 0 Å². The largest absolute Gasteiger partial charge is 0.481 e. The van der Waals surface area contributed by atoms with Gasteiger partial charge in [0.15, 0.2) is 0 Å². The molecule has 8 nitrogen and oxygen atoms in total. The van der Waals surface area contributed by atoms with Crippen LogP contribution >= 0.6 is 0 Å². The van der Waals surface area contributed by atoms with Crippen LogP contribution in [0.3, 0.4) is 0 Å². The monoisotopic (exact) mass is 383 g/mol. The van der Waals surface area contributed by atoms with Crippen molar-refractivity contribution < 1.29 is 14.7 Å². The molecule has 2 N–H and O–H groups in total. The minimum absolute atomic E-state index is 0.00150. The zero-order valence-corrected chi connectivity index (χ0v) is 16.3. The van der Waals surface area contributed by atoms with E-state index in [1.807, 2.05) is 56.1 Å². The zero-order chi connectivity index (χ0) is 20.3. The number of aromatic nitrogens is 3. The SMILES string of the molecule is CC1=C(C(=O)NC(CCC(=O)O)Cc2ccccc2)C(C)n2ncnc2N1C. The highest BCUT2D eigenvalue weighted by molar-refractivity contribution is 5.96. The Morgan fingerprint density at radius 1 is 1.29 bits per heavy atom. The predicted molar refractivity (Wildman–Crippen MR) is 105 cm³/mol. The molecule has 0 saturated heterocycles. The maximum Gasteiger partial charge on any atom is 0.303 e. The lowest BCUT2D eigenvalue weighted by Crippen LogP contribution is -2.42. The van der Waals surface area contributed by atoms with Gasteiger partial charge < -0.3 is 15.3 Å². The van der Waals surface area contributed by atoms with Crippen molar-refractivity contribution in [3.05, 3.63) is 53.5 Å². The van der Waals surface area contributed by atoms with Gasteiger partial charge in [-0.2, -0.15) is 10.1 Å². The van der Waals surface area contributed by atoms with Gasteiger partial charge in [-0.3, -0.25) is 9.59 Å². The van der Waals surface area contributed by atoms with Crippen LogP contribution in [0.5, 0.6) is 0 Å². The van der Waals surface area contributed by atoms with Gasteiger partial charge in [-0.05, 0) is 32.3 Å². The van der Waals surface area contributed by atoms with Crippen molar-refractivity contribution in [1.29, 1.82) is 0 Å². The van der Waals surface area contributed by atoms with Crippen LogP contribution < -0.4 is 10.2 Å². The van der Waals surface area contributed by atoms with E-state index >= 15 is 0 Å². The molecule has 0 radical (unpaired) electrons. The number of fused-ring (bicyclic) bond motifs is 1. The standard InChI is InChI=1S/C20H25N5O3/c1-13-18(14(2)25-20(24(13)3)21-12-22-25)19(28)23-16(9-10-17(26)27)11-15-7-5-4-6-8-15/h4-8,12,14,16H,9-11H2,1-3H3,(H,23,28)(H,26,27). The smallest absolute Gasteiger partial charge is 0.303 e. The Morgan fingerprint density at radius 3 is 2.68 bits per heavy atom. The van der Waals surface area contributed by atoms with Gasteiger partial charge >= 0.3 is 5.97 Å². The Labute approximate surface area is 163 Å². The van der Waals surface area contributed by atoms with E-state index < -0.39 is 5.97 Å². The van der Waals surface area contributed by atoms with Gasteiger partial charge in [0.25, 0.3) is 5.91 Å². The highest BCUT2D eigenvalue weighted by atomic mass is 16.4. The molecule has 0 aliphatic carbocycles. The lowest BCUT2D eigenvalue weighted by atomic mass is 9.99. The van der Waals surface area contributed by atoms with Crippen molar-refractivity contribution in [2.24, 2.45) is 0 Å². The first-order valence-corrected chi connectivity index (χ1v) is 9.29. The third kappa shape index (κ3) is 4.05. The molecular weight excluding hydrogens is 358 g/mol. The highest BCUT2D eigenvalue weighted by Crippen LogP contribution is 2.32. The van der Waals surface area contributed by atoms with Crippen LogP contribution in [0.15, 0.2) is 47.9 Å². The fourth-order valence-corrected chi connectivity index (χ4v) is 3.55. The summed E-state index contributed by atoms with van der Waals surface area (Å²) < 4.78 is 1.71. The molecule has 2 heterocycles. The molecule has 1 aromatic carbocycles. The second kappa shape index (κ2) is 8.24. The summed E-state index contributed by atoms with van der Waals surface area (Å²) in [5.41, 5.74) is 2.47. The fraction of sp³-hybridized carbons (Fsp3) is 0.400. The predicted octanol–water partition coefficient (Wildman–Crippen LogP) is 2.16. The number of benzene rings is 1. The Kier molecular flexibility index (Phi) is 5.77. The molecule has 28 heavy (non-hydrogen) atoms. The number of nitrogens with one attached hydrogen (secondary N) is 1. The van der Waals surface area contributed by atoms with Gasteiger partial charge in [-0.25, -0.2) is 4.68 Å². The summed E-state index contributed by atoms with van der Waals surface area (Å²) in [6.07, 6.45) is 2.41.